The number of carbonyl (C=O) groups is 2. The highest BCUT2D eigenvalue weighted by Crippen LogP contribution is 2.23. The fourth-order valence-electron chi connectivity index (χ4n) is 2.71. The molecule has 3 rings (SSSR count). The van der Waals surface area contributed by atoms with Crippen molar-refractivity contribution in [3.63, 3.8) is 0 Å². The van der Waals surface area contributed by atoms with Gasteiger partial charge in [0.2, 0.25) is 0 Å². The molecule has 2 heterocycles. The summed E-state index contributed by atoms with van der Waals surface area (Å²) in [6, 6.07) is 9.51. The van der Waals surface area contributed by atoms with Gasteiger partial charge in [0.15, 0.2) is 13.1 Å². The summed E-state index contributed by atoms with van der Waals surface area (Å²) in [6.45, 7) is 3.96. The van der Waals surface area contributed by atoms with E-state index in [1.165, 1.54) is 0 Å². The topological polar surface area (TPSA) is 75.8 Å². The summed E-state index contributed by atoms with van der Waals surface area (Å²) in [4.78, 5) is 24.4. The first-order valence-electron chi connectivity index (χ1n) is 7.50. The largest absolute Gasteiger partial charge is 0.459 e. The summed E-state index contributed by atoms with van der Waals surface area (Å²) in [5.74, 6) is 0.665. The molecule has 0 saturated carbocycles. The van der Waals surface area contributed by atoms with Gasteiger partial charge in [0, 0.05) is 5.39 Å². The van der Waals surface area contributed by atoms with Crippen LogP contribution in [0.15, 0.2) is 34.7 Å². The van der Waals surface area contributed by atoms with Gasteiger partial charge in [0.1, 0.15) is 11.3 Å². The normalized spacial score (nSPS) is 19.7. The fraction of sp³-hybridized carbons (Fsp3) is 0.375. The van der Waals surface area contributed by atoms with Gasteiger partial charge >= 0.3 is 0 Å². The van der Waals surface area contributed by atoms with E-state index in [0.29, 0.717) is 19.6 Å². The number of quaternary nitrogens is 1. The van der Waals surface area contributed by atoms with E-state index < -0.39 is 0 Å². The Morgan fingerprint density at radius 3 is 3.05 bits per heavy atom. The van der Waals surface area contributed by atoms with Crippen LogP contribution in [0.2, 0.25) is 0 Å². The molecule has 1 aliphatic rings. The van der Waals surface area contributed by atoms with Gasteiger partial charge in [0.25, 0.3) is 11.8 Å². The van der Waals surface area contributed by atoms with Gasteiger partial charge in [0.05, 0.1) is 19.1 Å². The fourth-order valence-corrected chi connectivity index (χ4v) is 2.71. The Balaban J connectivity index is 1.59. The average molecular weight is 302 g/mol. The van der Waals surface area contributed by atoms with Crippen LogP contribution in [-0.4, -0.2) is 38.0 Å². The highest BCUT2D eigenvalue weighted by atomic mass is 16.3. The van der Waals surface area contributed by atoms with E-state index in [1.807, 2.05) is 37.3 Å². The van der Waals surface area contributed by atoms with Crippen molar-refractivity contribution in [2.45, 2.75) is 13.0 Å². The molecule has 3 N–H and O–H groups in total. The molecule has 1 aromatic carbocycles. The third-order valence-electron chi connectivity index (χ3n) is 3.87. The zero-order valence-electron chi connectivity index (χ0n) is 12.5. The minimum atomic E-state index is -0.196. The van der Waals surface area contributed by atoms with Crippen molar-refractivity contribution in [1.82, 2.24) is 10.6 Å². The minimum absolute atomic E-state index is 0.000572. The predicted molar refractivity (Wildman–Crippen MR) is 81.3 cm³/mol. The summed E-state index contributed by atoms with van der Waals surface area (Å²) in [5, 5.41) is 6.72. The summed E-state index contributed by atoms with van der Waals surface area (Å²) in [5.41, 5.74) is 0.817. The second-order valence-electron chi connectivity index (χ2n) is 5.68. The van der Waals surface area contributed by atoms with Crippen LogP contribution in [0, 0.1) is 0 Å². The Hall–Kier alpha value is -2.34. The second-order valence-corrected chi connectivity index (χ2v) is 5.68. The van der Waals surface area contributed by atoms with Crippen molar-refractivity contribution < 1.29 is 18.9 Å². The van der Waals surface area contributed by atoms with E-state index >= 15 is 0 Å². The van der Waals surface area contributed by atoms with Crippen molar-refractivity contribution in [3.8, 4) is 0 Å². The molecule has 6 nitrogen and oxygen atoms in total. The number of carbonyl (C=O) groups excluding carboxylic acids is 2. The van der Waals surface area contributed by atoms with Gasteiger partial charge < -0.3 is 20.0 Å². The van der Waals surface area contributed by atoms with Crippen molar-refractivity contribution in [1.29, 1.82) is 0 Å². The number of hydrogen-bond donors (Lipinski definition) is 3. The number of hydrogen-bond acceptors (Lipinski definition) is 3. The van der Waals surface area contributed by atoms with Crippen LogP contribution in [0.1, 0.15) is 18.7 Å². The average Bonchev–Trinajstić information content (AvgIpc) is 2.91. The minimum Gasteiger partial charge on any atom is -0.459 e. The van der Waals surface area contributed by atoms with Crippen LogP contribution in [0.4, 0.5) is 0 Å². The second kappa shape index (κ2) is 6.19. The number of para-hydroxylation sites is 1. The van der Waals surface area contributed by atoms with E-state index in [4.69, 9.17) is 4.42 Å². The van der Waals surface area contributed by atoms with Gasteiger partial charge in [-0.3, -0.25) is 9.59 Å². The quantitative estimate of drug-likeness (QED) is 0.721. The van der Waals surface area contributed by atoms with Gasteiger partial charge in [-0.25, -0.2) is 0 Å². The number of rotatable bonds is 4. The van der Waals surface area contributed by atoms with Crippen molar-refractivity contribution >= 4 is 22.8 Å². The number of benzene rings is 1. The molecule has 0 spiro atoms. The van der Waals surface area contributed by atoms with Crippen LogP contribution in [-0.2, 0) is 9.59 Å². The summed E-state index contributed by atoms with van der Waals surface area (Å²) < 4.78 is 5.75. The first kappa shape index (κ1) is 14.6. The van der Waals surface area contributed by atoms with Crippen molar-refractivity contribution in [3.05, 3.63) is 36.1 Å². The molecular formula is C16H20N3O3+. The highest BCUT2D eigenvalue weighted by Gasteiger charge is 2.23. The molecular weight excluding hydrogens is 282 g/mol. The molecule has 1 unspecified atom stereocenters. The molecule has 1 saturated heterocycles. The van der Waals surface area contributed by atoms with Crippen LogP contribution in [0.25, 0.3) is 11.0 Å². The number of fused-ring (bicyclic) bond motifs is 1. The molecule has 22 heavy (non-hydrogen) atoms. The number of nitrogens with one attached hydrogen (secondary N) is 3. The molecule has 2 atom stereocenters. The van der Waals surface area contributed by atoms with Crippen LogP contribution < -0.4 is 15.5 Å². The molecule has 0 bridgehead atoms. The van der Waals surface area contributed by atoms with E-state index in [2.05, 4.69) is 10.6 Å². The molecule has 2 aromatic rings. The SMILES string of the molecule is C[C@H](NC(=O)C[NH+]1CCNC(=O)C1)c1cc2ccccc2o1. The highest BCUT2D eigenvalue weighted by molar-refractivity contribution is 5.80. The third kappa shape index (κ3) is 3.28. The Kier molecular flexibility index (Phi) is 4.11. The molecule has 1 fully saturated rings. The molecule has 0 radical (unpaired) electrons. The maximum atomic E-state index is 12.1. The summed E-state index contributed by atoms with van der Waals surface area (Å²) >= 11 is 0. The zero-order valence-corrected chi connectivity index (χ0v) is 12.5. The molecule has 2 amide bonds. The smallest absolute Gasteiger partial charge is 0.275 e. The lowest BCUT2D eigenvalue weighted by atomic mass is 10.2. The summed E-state index contributed by atoms with van der Waals surface area (Å²) in [7, 11) is 0. The predicted octanol–water partition coefficient (Wildman–Crippen LogP) is -0.375. The monoisotopic (exact) mass is 302 g/mol. The molecule has 0 aliphatic carbocycles. The van der Waals surface area contributed by atoms with E-state index in [1.54, 1.807) is 0 Å². The van der Waals surface area contributed by atoms with E-state index in [0.717, 1.165) is 28.2 Å². The number of amides is 2. The molecule has 6 heteroatoms. The zero-order chi connectivity index (χ0) is 15.5. The Labute approximate surface area is 128 Å². The molecule has 1 aliphatic heterocycles. The number of furan rings is 1. The van der Waals surface area contributed by atoms with Gasteiger partial charge in [-0.2, -0.15) is 0 Å². The van der Waals surface area contributed by atoms with Crippen LogP contribution in [0.3, 0.4) is 0 Å². The maximum Gasteiger partial charge on any atom is 0.275 e. The number of piperazine rings is 1. The molecule has 1 aromatic heterocycles. The van der Waals surface area contributed by atoms with Gasteiger partial charge in [-0.05, 0) is 19.1 Å². The van der Waals surface area contributed by atoms with Gasteiger partial charge in [-0.1, -0.05) is 18.2 Å². The van der Waals surface area contributed by atoms with E-state index in [9.17, 15) is 9.59 Å². The Morgan fingerprint density at radius 1 is 1.45 bits per heavy atom. The standard InChI is InChI=1S/C16H19N3O3/c1-11(14-8-12-4-2-3-5-13(12)22-14)18-16(21)10-19-7-6-17-15(20)9-19/h2-5,8,11H,6-7,9-10H2,1H3,(H,17,20)(H,18,21)/p+1/t11-/m0/s1. The maximum absolute atomic E-state index is 12.1. The third-order valence-corrected chi connectivity index (χ3v) is 3.87. The lowest BCUT2D eigenvalue weighted by Gasteiger charge is -2.23. The van der Waals surface area contributed by atoms with Crippen molar-refractivity contribution in [2.24, 2.45) is 0 Å². The van der Waals surface area contributed by atoms with Gasteiger partial charge in [-0.15, -0.1) is 0 Å². The Bertz CT molecular complexity index is 662. The lowest BCUT2D eigenvalue weighted by Crippen LogP contribution is -3.16. The Morgan fingerprint density at radius 2 is 2.27 bits per heavy atom. The first-order chi connectivity index (χ1) is 10.6. The first-order valence-corrected chi connectivity index (χ1v) is 7.50. The summed E-state index contributed by atoms with van der Waals surface area (Å²) in [6.07, 6.45) is 0. The van der Waals surface area contributed by atoms with Crippen molar-refractivity contribution in [2.75, 3.05) is 26.2 Å². The van der Waals surface area contributed by atoms with Crippen LogP contribution >= 0.6 is 0 Å². The van der Waals surface area contributed by atoms with Crippen LogP contribution in [0.5, 0.6) is 0 Å². The molecule has 116 valence electrons. The van der Waals surface area contributed by atoms with E-state index in [-0.39, 0.29) is 17.9 Å². The lowest BCUT2D eigenvalue weighted by molar-refractivity contribution is -0.885.